The van der Waals surface area contributed by atoms with Crippen LogP contribution in [0.15, 0.2) is 53.1 Å². The van der Waals surface area contributed by atoms with Crippen molar-refractivity contribution in [3.8, 4) is 17.0 Å². The molecular weight excluding hydrogens is 361 g/mol. The summed E-state index contributed by atoms with van der Waals surface area (Å²) in [6.45, 7) is 3.88. The second-order valence-corrected chi connectivity index (χ2v) is 6.74. The van der Waals surface area contributed by atoms with E-state index in [4.69, 9.17) is 4.52 Å². The number of aryl methyl sites for hydroxylation is 1. The molecule has 0 aliphatic carbocycles. The standard InChI is InChI=1S/C21H20FN3O3/c1-14-19(20(23-28-14)15-5-4-6-16(22)13-15)21(27)25-11-9-24(10-12-25)17-7-2-3-8-18(17)26/h2-8,13,26H,9-12H2,1H3. The average molecular weight is 381 g/mol. The van der Waals surface area contributed by atoms with E-state index in [-0.39, 0.29) is 11.7 Å². The lowest BCUT2D eigenvalue weighted by atomic mass is 10.0. The monoisotopic (exact) mass is 381 g/mol. The zero-order valence-electron chi connectivity index (χ0n) is 15.4. The summed E-state index contributed by atoms with van der Waals surface area (Å²) in [6.07, 6.45) is 0. The van der Waals surface area contributed by atoms with Crippen molar-refractivity contribution in [2.24, 2.45) is 0 Å². The molecule has 0 radical (unpaired) electrons. The lowest BCUT2D eigenvalue weighted by Gasteiger charge is -2.36. The molecule has 28 heavy (non-hydrogen) atoms. The highest BCUT2D eigenvalue weighted by molar-refractivity contribution is 6.00. The van der Waals surface area contributed by atoms with E-state index in [0.29, 0.717) is 48.8 Å². The molecule has 1 amide bonds. The summed E-state index contributed by atoms with van der Waals surface area (Å²) in [6, 6.07) is 13.1. The van der Waals surface area contributed by atoms with E-state index in [2.05, 4.69) is 5.16 Å². The Morgan fingerprint density at radius 3 is 2.57 bits per heavy atom. The van der Waals surface area contributed by atoms with E-state index < -0.39 is 5.82 Å². The number of hydrogen-bond donors (Lipinski definition) is 1. The van der Waals surface area contributed by atoms with Crippen molar-refractivity contribution in [1.29, 1.82) is 0 Å². The van der Waals surface area contributed by atoms with Crippen LogP contribution in [0.4, 0.5) is 10.1 Å². The predicted octanol–water partition coefficient (Wildman–Crippen LogP) is 3.46. The van der Waals surface area contributed by atoms with Crippen molar-refractivity contribution in [1.82, 2.24) is 10.1 Å². The van der Waals surface area contributed by atoms with Crippen LogP contribution in [0.3, 0.4) is 0 Å². The highest BCUT2D eigenvalue weighted by atomic mass is 19.1. The Bertz CT molecular complexity index is 1010. The van der Waals surface area contributed by atoms with Crippen molar-refractivity contribution in [2.75, 3.05) is 31.1 Å². The van der Waals surface area contributed by atoms with Crippen LogP contribution in [0.5, 0.6) is 5.75 Å². The number of phenols is 1. The topological polar surface area (TPSA) is 69.8 Å². The number of para-hydroxylation sites is 2. The van der Waals surface area contributed by atoms with Crippen LogP contribution >= 0.6 is 0 Å². The zero-order chi connectivity index (χ0) is 19.7. The quantitative estimate of drug-likeness (QED) is 0.752. The number of aromatic hydroxyl groups is 1. The van der Waals surface area contributed by atoms with Gasteiger partial charge in [0.2, 0.25) is 0 Å². The van der Waals surface area contributed by atoms with Gasteiger partial charge in [0.15, 0.2) is 0 Å². The van der Waals surface area contributed by atoms with Gasteiger partial charge < -0.3 is 19.4 Å². The van der Waals surface area contributed by atoms with Crippen LogP contribution in [-0.2, 0) is 0 Å². The van der Waals surface area contributed by atoms with Gasteiger partial charge in [0, 0.05) is 31.7 Å². The molecule has 7 heteroatoms. The maximum atomic E-state index is 13.6. The normalized spacial score (nSPS) is 14.4. The van der Waals surface area contributed by atoms with Gasteiger partial charge in [-0.25, -0.2) is 4.39 Å². The predicted molar refractivity (Wildman–Crippen MR) is 103 cm³/mol. The molecule has 3 aromatic rings. The van der Waals surface area contributed by atoms with Crippen LogP contribution in [0.25, 0.3) is 11.3 Å². The van der Waals surface area contributed by atoms with E-state index in [1.807, 2.05) is 17.0 Å². The molecule has 1 aliphatic heterocycles. The van der Waals surface area contributed by atoms with Gasteiger partial charge in [-0.3, -0.25) is 4.79 Å². The number of hydrogen-bond acceptors (Lipinski definition) is 5. The molecule has 144 valence electrons. The number of halogens is 1. The third-order valence-electron chi connectivity index (χ3n) is 4.96. The first-order chi connectivity index (χ1) is 13.5. The second-order valence-electron chi connectivity index (χ2n) is 6.74. The molecule has 1 N–H and O–H groups in total. The summed E-state index contributed by atoms with van der Waals surface area (Å²) in [5.74, 6) is 0.0562. The largest absolute Gasteiger partial charge is 0.506 e. The Morgan fingerprint density at radius 1 is 1.11 bits per heavy atom. The van der Waals surface area contributed by atoms with Gasteiger partial charge in [-0.2, -0.15) is 0 Å². The molecular formula is C21H20FN3O3. The van der Waals surface area contributed by atoms with E-state index in [9.17, 15) is 14.3 Å². The highest BCUT2D eigenvalue weighted by Gasteiger charge is 2.29. The number of amides is 1. The van der Waals surface area contributed by atoms with Gasteiger partial charge in [0.1, 0.15) is 28.6 Å². The van der Waals surface area contributed by atoms with Crippen molar-refractivity contribution in [3.63, 3.8) is 0 Å². The van der Waals surface area contributed by atoms with Crippen LogP contribution in [0, 0.1) is 12.7 Å². The Morgan fingerprint density at radius 2 is 1.86 bits per heavy atom. The van der Waals surface area contributed by atoms with Crippen molar-refractivity contribution in [2.45, 2.75) is 6.92 Å². The molecule has 1 saturated heterocycles. The average Bonchev–Trinajstić information content (AvgIpc) is 3.09. The molecule has 0 unspecified atom stereocenters. The zero-order valence-corrected chi connectivity index (χ0v) is 15.4. The molecule has 2 heterocycles. The highest BCUT2D eigenvalue weighted by Crippen LogP contribution is 2.29. The van der Waals surface area contributed by atoms with Crippen LogP contribution in [0.2, 0.25) is 0 Å². The fourth-order valence-electron chi connectivity index (χ4n) is 3.50. The van der Waals surface area contributed by atoms with E-state index in [1.54, 1.807) is 36.1 Å². The van der Waals surface area contributed by atoms with E-state index in [1.165, 1.54) is 12.1 Å². The van der Waals surface area contributed by atoms with Crippen LogP contribution in [-0.4, -0.2) is 47.2 Å². The first-order valence-corrected chi connectivity index (χ1v) is 9.09. The number of nitrogens with zero attached hydrogens (tertiary/aromatic N) is 3. The maximum absolute atomic E-state index is 13.6. The first-order valence-electron chi connectivity index (χ1n) is 9.09. The number of piperazine rings is 1. The molecule has 1 fully saturated rings. The lowest BCUT2D eigenvalue weighted by molar-refractivity contribution is 0.0745. The second kappa shape index (κ2) is 7.34. The molecule has 1 aromatic heterocycles. The molecule has 0 saturated carbocycles. The molecule has 2 aromatic carbocycles. The number of anilines is 1. The van der Waals surface area contributed by atoms with Gasteiger partial charge >= 0.3 is 0 Å². The number of rotatable bonds is 3. The summed E-state index contributed by atoms with van der Waals surface area (Å²) in [7, 11) is 0. The number of benzene rings is 2. The van der Waals surface area contributed by atoms with E-state index in [0.717, 1.165) is 5.69 Å². The smallest absolute Gasteiger partial charge is 0.259 e. The fraction of sp³-hybridized carbons (Fsp3) is 0.238. The minimum absolute atomic E-state index is 0.185. The van der Waals surface area contributed by atoms with Crippen molar-refractivity contribution < 1.29 is 18.8 Å². The third-order valence-corrected chi connectivity index (χ3v) is 4.96. The Balaban J connectivity index is 1.54. The van der Waals surface area contributed by atoms with Gasteiger partial charge in [-0.1, -0.05) is 29.4 Å². The van der Waals surface area contributed by atoms with Gasteiger partial charge in [-0.05, 0) is 31.2 Å². The summed E-state index contributed by atoms with van der Waals surface area (Å²) in [5.41, 5.74) is 1.98. The minimum Gasteiger partial charge on any atom is -0.506 e. The van der Waals surface area contributed by atoms with Gasteiger partial charge in [-0.15, -0.1) is 0 Å². The Labute approximate surface area is 161 Å². The number of carbonyl (C=O) groups excluding carboxylic acids is 1. The first kappa shape index (κ1) is 18.0. The molecule has 6 nitrogen and oxygen atoms in total. The number of aromatic nitrogens is 1. The Kier molecular flexibility index (Phi) is 4.73. The molecule has 1 aliphatic rings. The summed E-state index contributed by atoms with van der Waals surface area (Å²) >= 11 is 0. The van der Waals surface area contributed by atoms with Crippen LogP contribution in [0.1, 0.15) is 16.1 Å². The van der Waals surface area contributed by atoms with Gasteiger partial charge in [0.05, 0.1) is 5.69 Å². The fourth-order valence-corrected chi connectivity index (χ4v) is 3.50. The van der Waals surface area contributed by atoms with Crippen molar-refractivity contribution >= 4 is 11.6 Å². The molecule has 0 bridgehead atoms. The van der Waals surface area contributed by atoms with Gasteiger partial charge in [0.25, 0.3) is 5.91 Å². The number of carbonyl (C=O) groups is 1. The summed E-state index contributed by atoms with van der Waals surface area (Å²) in [4.78, 5) is 16.9. The number of phenolic OH excluding ortho intramolecular Hbond substituents is 1. The van der Waals surface area contributed by atoms with E-state index >= 15 is 0 Å². The minimum atomic E-state index is -0.396. The molecule has 0 spiro atoms. The summed E-state index contributed by atoms with van der Waals surface area (Å²) < 4.78 is 18.8. The Hall–Kier alpha value is -3.35. The van der Waals surface area contributed by atoms with Crippen LogP contribution < -0.4 is 4.90 Å². The molecule has 0 atom stereocenters. The lowest BCUT2D eigenvalue weighted by Crippen LogP contribution is -2.49. The molecule has 4 rings (SSSR count). The summed E-state index contributed by atoms with van der Waals surface area (Å²) in [5, 5.41) is 14.0. The van der Waals surface area contributed by atoms with Crippen molar-refractivity contribution in [3.05, 3.63) is 65.7 Å². The SMILES string of the molecule is Cc1onc(-c2cccc(F)c2)c1C(=O)N1CCN(c2ccccc2O)CC1. The maximum Gasteiger partial charge on any atom is 0.259 e. The third kappa shape index (κ3) is 3.31.